The van der Waals surface area contributed by atoms with Gasteiger partial charge in [-0.25, -0.2) is 4.39 Å². The highest BCUT2D eigenvalue weighted by Gasteiger charge is 2.27. The normalized spacial score (nSPS) is 11.7. The van der Waals surface area contributed by atoms with Gasteiger partial charge in [-0.15, -0.1) is 0 Å². The smallest absolute Gasteiger partial charge is 0.360 e. The van der Waals surface area contributed by atoms with Crippen LogP contribution in [0, 0.1) is 5.82 Å². The summed E-state index contributed by atoms with van der Waals surface area (Å²) in [5, 5.41) is 7.94. The minimum Gasteiger partial charge on any atom is -0.360 e. The molecule has 0 aliphatic carbocycles. The van der Waals surface area contributed by atoms with Gasteiger partial charge in [-0.3, -0.25) is 4.79 Å². The molecule has 0 aliphatic rings. The van der Waals surface area contributed by atoms with Crippen LogP contribution in [-0.2, 0) is 0 Å². The monoisotopic (exact) mass is 410 g/mol. The molecule has 0 bridgehead atoms. The minimum atomic E-state index is -4.42. The van der Waals surface area contributed by atoms with Crippen molar-refractivity contribution in [3.63, 3.8) is 0 Å². The fourth-order valence-electron chi connectivity index (χ4n) is 2.56. The minimum absolute atomic E-state index is 0.0236. The number of hydrogen-bond acceptors (Lipinski definition) is 5. The number of H-pyrrole nitrogens is 1. The van der Waals surface area contributed by atoms with Crippen LogP contribution in [0.4, 0.5) is 35.0 Å². The number of carbonyl (C=O) groups excluding carboxylic acids is 1. The van der Waals surface area contributed by atoms with Gasteiger partial charge in [-0.05, 0) is 38.1 Å². The molecule has 0 atom stereocenters. The van der Waals surface area contributed by atoms with Gasteiger partial charge in [0, 0.05) is 17.9 Å². The number of anilines is 3. The van der Waals surface area contributed by atoms with Crippen LogP contribution in [0.25, 0.3) is 11.0 Å². The first-order valence-electron chi connectivity index (χ1n) is 8.65. The molecule has 2 heterocycles. The summed E-state index contributed by atoms with van der Waals surface area (Å²) in [5.74, 6) is -1.37. The molecular formula is C18H18F4N6O. The molecule has 3 rings (SSSR count). The summed E-state index contributed by atoms with van der Waals surface area (Å²) in [6.45, 7) is 2.24. The molecule has 0 radical (unpaired) electrons. The molecule has 11 heteroatoms. The third-order valence-electron chi connectivity index (χ3n) is 3.76. The van der Waals surface area contributed by atoms with Crippen LogP contribution in [-0.4, -0.2) is 39.6 Å². The first kappa shape index (κ1) is 20.4. The summed E-state index contributed by atoms with van der Waals surface area (Å²) in [5.41, 5.74) is 0.411. The van der Waals surface area contributed by atoms with Gasteiger partial charge in [0.1, 0.15) is 23.8 Å². The zero-order valence-electron chi connectivity index (χ0n) is 15.5. The molecule has 29 heavy (non-hydrogen) atoms. The molecule has 0 unspecified atom stereocenters. The zero-order chi connectivity index (χ0) is 21.2. The van der Waals surface area contributed by atoms with Gasteiger partial charge in [0.2, 0.25) is 5.95 Å². The van der Waals surface area contributed by atoms with Crippen LogP contribution in [0.1, 0.15) is 24.2 Å². The van der Waals surface area contributed by atoms with E-state index in [0.717, 1.165) is 6.07 Å². The number of amides is 1. The summed E-state index contributed by atoms with van der Waals surface area (Å²) < 4.78 is 51.9. The Morgan fingerprint density at radius 3 is 2.62 bits per heavy atom. The Morgan fingerprint density at radius 1 is 1.21 bits per heavy atom. The van der Waals surface area contributed by atoms with Crippen molar-refractivity contribution in [3.8, 4) is 0 Å². The van der Waals surface area contributed by atoms with Crippen molar-refractivity contribution in [2.24, 2.45) is 0 Å². The number of nitrogens with zero attached hydrogens (tertiary/aromatic N) is 2. The summed E-state index contributed by atoms with van der Waals surface area (Å²) in [6.07, 6.45) is -2.90. The van der Waals surface area contributed by atoms with Gasteiger partial charge in [0.15, 0.2) is 0 Å². The summed E-state index contributed by atoms with van der Waals surface area (Å²) in [4.78, 5) is 23.0. The number of carbonyl (C=O) groups is 1. The highest BCUT2D eigenvalue weighted by atomic mass is 19.4. The van der Waals surface area contributed by atoms with Crippen molar-refractivity contribution < 1.29 is 22.4 Å². The fourth-order valence-corrected chi connectivity index (χ4v) is 2.56. The van der Waals surface area contributed by atoms with Crippen molar-refractivity contribution in [2.75, 3.05) is 17.2 Å². The highest BCUT2D eigenvalue weighted by molar-refractivity contribution is 5.95. The van der Waals surface area contributed by atoms with Gasteiger partial charge in [-0.2, -0.15) is 23.1 Å². The number of fused-ring (bicyclic) bond motifs is 1. The van der Waals surface area contributed by atoms with E-state index in [0.29, 0.717) is 11.0 Å². The van der Waals surface area contributed by atoms with E-state index in [1.807, 2.05) is 0 Å². The lowest BCUT2D eigenvalue weighted by Gasteiger charge is -2.12. The molecular weight excluding hydrogens is 392 g/mol. The highest BCUT2D eigenvalue weighted by Crippen LogP contribution is 2.25. The van der Waals surface area contributed by atoms with E-state index in [2.05, 4.69) is 30.9 Å². The maximum atomic E-state index is 14.3. The van der Waals surface area contributed by atoms with E-state index in [4.69, 9.17) is 0 Å². The molecule has 1 amide bonds. The lowest BCUT2D eigenvalue weighted by molar-refractivity contribution is -0.115. The number of halogens is 4. The Labute approximate surface area is 162 Å². The third kappa shape index (κ3) is 5.12. The molecule has 2 aromatic heterocycles. The van der Waals surface area contributed by atoms with Crippen LogP contribution in [0.2, 0.25) is 0 Å². The zero-order valence-corrected chi connectivity index (χ0v) is 15.5. The topological polar surface area (TPSA) is 94.7 Å². The lowest BCUT2D eigenvalue weighted by atomic mass is 10.1. The Hall–Kier alpha value is -3.37. The second kappa shape index (κ2) is 7.94. The van der Waals surface area contributed by atoms with Crippen molar-refractivity contribution in [1.82, 2.24) is 20.3 Å². The first-order chi connectivity index (χ1) is 13.6. The van der Waals surface area contributed by atoms with Crippen LogP contribution in [0.5, 0.6) is 0 Å². The van der Waals surface area contributed by atoms with Crippen molar-refractivity contribution >= 4 is 34.4 Å². The van der Waals surface area contributed by atoms with Gasteiger partial charge in [0.05, 0.1) is 10.9 Å². The molecule has 0 aliphatic heterocycles. The van der Waals surface area contributed by atoms with E-state index in [1.54, 1.807) is 19.9 Å². The predicted molar refractivity (Wildman–Crippen MR) is 101 cm³/mol. The standard InChI is InChI=1S/C18H18F4N6O/c1-9(2)25-16(29)11-4-3-10(7-13(11)19)26-17-27-14-12(5-6-23-14)15(28-17)24-8-18(20,21)22/h3-7,9H,8H2,1-2H3,(H,25,29)(H3,23,24,26,27,28). The third-order valence-corrected chi connectivity index (χ3v) is 3.76. The second-order valence-electron chi connectivity index (χ2n) is 6.55. The molecule has 0 fully saturated rings. The first-order valence-corrected chi connectivity index (χ1v) is 8.65. The Bertz CT molecular complexity index is 1030. The SMILES string of the molecule is CC(C)NC(=O)c1ccc(Nc2nc(NCC(F)(F)F)c3cc[nH]c3n2)cc1F. The maximum absolute atomic E-state index is 14.3. The molecule has 7 nitrogen and oxygen atoms in total. The largest absolute Gasteiger partial charge is 0.405 e. The number of benzene rings is 1. The molecule has 1 aromatic carbocycles. The van der Waals surface area contributed by atoms with Crippen molar-refractivity contribution in [1.29, 1.82) is 0 Å². The maximum Gasteiger partial charge on any atom is 0.405 e. The van der Waals surface area contributed by atoms with Crippen molar-refractivity contribution in [3.05, 3.63) is 41.8 Å². The van der Waals surface area contributed by atoms with Crippen molar-refractivity contribution in [2.45, 2.75) is 26.1 Å². The molecule has 0 saturated carbocycles. The Morgan fingerprint density at radius 2 is 1.97 bits per heavy atom. The average Bonchev–Trinajstić information content (AvgIpc) is 3.07. The predicted octanol–water partition coefficient (Wildman–Crippen LogP) is 3.95. The average molecular weight is 410 g/mol. The summed E-state index contributed by atoms with van der Waals surface area (Å²) >= 11 is 0. The molecule has 154 valence electrons. The molecule has 3 aromatic rings. The van der Waals surface area contributed by atoms with Crippen LogP contribution in [0.15, 0.2) is 30.5 Å². The van der Waals surface area contributed by atoms with Gasteiger partial charge >= 0.3 is 6.18 Å². The number of hydrogen-bond donors (Lipinski definition) is 4. The van der Waals surface area contributed by atoms with E-state index >= 15 is 0 Å². The summed E-state index contributed by atoms with van der Waals surface area (Å²) in [6, 6.07) is 5.22. The number of alkyl halides is 3. The second-order valence-corrected chi connectivity index (χ2v) is 6.55. The molecule has 0 saturated heterocycles. The van der Waals surface area contributed by atoms with Gasteiger partial charge in [-0.1, -0.05) is 0 Å². The number of aromatic amines is 1. The van der Waals surface area contributed by atoms with E-state index in [-0.39, 0.29) is 29.1 Å². The Balaban J connectivity index is 1.84. The van der Waals surface area contributed by atoms with Crippen LogP contribution < -0.4 is 16.0 Å². The Kier molecular flexibility index (Phi) is 5.57. The quantitative estimate of drug-likeness (QED) is 0.462. The van der Waals surface area contributed by atoms with E-state index < -0.39 is 24.4 Å². The van der Waals surface area contributed by atoms with Gasteiger partial charge in [0.25, 0.3) is 5.91 Å². The van der Waals surface area contributed by atoms with E-state index in [9.17, 15) is 22.4 Å². The number of nitrogens with one attached hydrogen (secondary N) is 4. The lowest BCUT2D eigenvalue weighted by Crippen LogP contribution is -2.30. The number of aromatic nitrogens is 3. The number of rotatable bonds is 6. The van der Waals surface area contributed by atoms with Gasteiger partial charge < -0.3 is 20.9 Å². The molecule has 4 N–H and O–H groups in total. The van der Waals surface area contributed by atoms with Crippen LogP contribution >= 0.6 is 0 Å². The fraction of sp³-hybridized carbons (Fsp3) is 0.278. The summed E-state index contributed by atoms with van der Waals surface area (Å²) in [7, 11) is 0. The van der Waals surface area contributed by atoms with Crippen LogP contribution in [0.3, 0.4) is 0 Å². The van der Waals surface area contributed by atoms with E-state index in [1.165, 1.54) is 18.3 Å². The molecule has 0 spiro atoms.